The van der Waals surface area contributed by atoms with Crippen molar-refractivity contribution >= 4 is 22.0 Å². The Morgan fingerprint density at radius 2 is 1.61 bits per heavy atom. The number of hydrogen-bond acceptors (Lipinski definition) is 1. The summed E-state index contributed by atoms with van der Waals surface area (Å²) in [6, 6.07) is 8.17. The first-order valence-corrected chi connectivity index (χ1v) is 9.65. The molecular formula is C19H25BrN2O. The van der Waals surface area contributed by atoms with Crippen molar-refractivity contribution in [1.29, 1.82) is 0 Å². The van der Waals surface area contributed by atoms with E-state index in [4.69, 9.17) is 0 Å². The molecule has 23 heavy (non-hydrogen) atoms. The van der Waals surface area contributed by atoms with E-state index in [1.165, 1.54) is 38.5 Å². The van der Waals surface area contributed by atoms with Crippen molar-refractivity contribution < 1.29 is 4.79 Å². The van der Waals surface area contributed by atoms with E-state index in [1.807, 2.05) is 19.1 Å². The molecule has 0 aromatic heterocycles. The molecule has 4 bridgehead atoms. The molecule has 124 valence electrons. The summed E-state index contributed by atoms with van der Waals surface area (Å²) in [5.74, 6) is 2.56. The van der Waals surface area contributed by atoms with Crippen molar-refractivity contribution in [1.82, 2.24) is 10.6 Å². The smallest absolute Gasteiger partial charge is 0.315 e. The van der Waals surface area contributed by atoms with Crippen LogP contribution in [0.3, 0.4) is 0 Å². The van der Waals surface area contributed by atoms with Crippen LogP contribution in [0.25, 0.3) is 0 Å². The van der Waals surface area contributed by atoms with Gasteiger partial charge >= 0.3 is 6.03 Å². The maximum atomic E-state index is 12.5. The second kappa shape index (κ2) is 5.80. The van der Waals surface area contributed by atoms with Crippen LogP contribution in [-0.2, 0) is 0 Å². The highest BCUT2D eigenvalue weighted by Crippen LogP contribution is 2.55. The number of amides is 2. The van der Waals surface area contributed by atoms with Crippen LogP contribution in [0.2, 0.25) is 0 Å². The van der Waals surface area contributed by atoms with E-state index in [1.54, 1.807) is 0 Å². The molecule has 4 aliphatic rings. The quantitative estimate of drug-likeness (QED) is 0.782. The zero-order chi connectivity index (χ0) is 16.0. The number of carbonyl (C=O) groups is 1. The number of nitrogens with one attached hydrogen (secondary N) is 2. The Hall–Kier alpha value is -1.03. The lowest BCUT2D eigenvalue weighted by molar-refractivity contribution is -0.0136. The lowest BCUT2D eigenvalue weighted by Crippen LogP contribution is -2.61. The molecule has 4 heteroatoms. The molecule has 0 heterocycles. The fourth-order valence-electron chi connectivity index (χ4n) is 5.57. The zero-order valence-corrected chi connectivity index (χ0v) is 15.2. The van der Waals surface area contributed by atoms with Crippen LogP contribution in [0.4, 0.5) is 4.79 Å². The number of carbonyl (C=O) groups excluding carboxylic acids is 1. The lowest BCUT2D eigenvalue weighted by Gasteiger charge is -2.56. The summed E-state index contributed by atoms with van der Waals surface area (Å²) >= 11 is 3.45. The first-order chi connectivity index (χ1) is 11.0. The standard InChI is InChI=1S/C19H25BrN2O/c1-12(16-2-4-17(20)5-3-16)21-18(23)22-19-9-13-6-14(10-19)8-15(7-13)11-19/h2-5,12-15H,6-11H2,1H3,(H2,21,22,23)/t12-,13?,14?,15?,19?/m1/s1. The van der Waals surface area contributed by atoms with E-state index in [0.717, 1.165) is 27.8 Å². The molecule has 4 saturated carbocycles. The molecule has 2 N–H and O–H groups in total. The summed E-state index contributed by atoms with van der Waals surface area (Å²) in [6.45, 7) is 2.04. The fourth-order valence-corrected chi connectivity index (χ4v) is 5.84. The van der Waals surface area contributed by atoms with Gasteiger partial charge in [-0.25, -0.2) is 4.79 Å². The Morgan fingerprint density at radius 3 is 2.13 bits per heavy atom. The summed E-state index contributed by atoms with van der Waals surface area (Å²) < 4.78 is 1.06. The third-order valence-corrected chi connectivity index (χ3v) is 6.66. The Bertz CT molecular complexity index is 563. The number of hydrogen-bond donors (Lipinski definition) is 2. The van der Waals surface area contributed by atoms with Crippen molar-refractivity contribution in [2.75, 3.05) is 0 Å². The molecule has 0 unspecified atom stereocenters. The van der Waals surface area contributed by atoms with Gasteiger partial charge in [-0.1, -0.05) is 28.1 Å². The molecular weight excluding hydrogens is 352 g/mol. The van der Waals surface area contributed by atoms with Gasteiger partial charge in [-0.3, -0.25) is 0 Å². The second-order valence-electron chi connectivity index (χ2n) is 8.07. The molecule has 1 aromatic rings. The minimum absolute atomic E-state index is 0.00219. The maximum Gasteiger partial charge on any atom is 0.315 e. The van der Waals surface area contributed by atoms with E-state index in [-0.39, 0.29) is 17.6 Å². The SMILES string of the molecule is C[C@@H](NC(=O)NC12CC3CC(CC(C3)C1)C2)c1ccc(Br)cc1. The molecule has 0 radical (unpaired) electrons. The molecule has 4 aliphatic carbocycles. The third-order valence-electron chi connectivity index (χ3n) is 6.13. The van der Waals surface area contributed by atoms with Crippen molar-refractivity contribution in [2.24, 2.45) is 17.8 Å². The Labute approximate surface area is 146 Å². The van der Waals surface area contributed by atoms with Gasteiger partial charge in [-0.2, -0.15) is 0 Å². The van der Waals surface area contributed by atoms with Crippen molar-refractivity contribution in [3.8, 4) is 0 Å². The van der Waals surface area contributed by atoms with Crippen molar-refractivity contribution in [3.05, 3.63) is 34.3 Å². The molecule has 2 amide bonds. The summed E-state index contributed by atoms with van der Waals surface area (Å²) in [5, 5.41) is 6.50. The number of rotatable bonds is 3. The van der Waals surface area contributed by atoms with E-state index in [2.05, 4.69) is 38.7 Å². The third kappa shape index (κ3) is 3.15. The Balaban J connectivity index is 1.39. The Kier molecular flexibility index (Phi) is 3.91. The molecule has 0 spiro atoms. The normalized spacial score (nSPS) is 35.8. The predicted octanol–water partition coefficient (Wildman–Crippen LogP) is 4.78. The van der Waals surface area contributed by atoms with Crippen LogP contribution < -0.4 is 10.6 Å². The first kappa shape index (κ1) is 15.5. The fraction of sp³-hybridized carbons (Fsp3) is 0.632. The monoisotopic (exact) mass is 376 g/mol. The van der Waals surface area contributed by atoms with Gasteiger partial charge in [-0.15, -0.1) is 0 Å². The molecule has 1 aromatic carbocycles. The Morgan fingerprint density at radius 1 is 1.09 bits per heavy atom. The molecule has 3 nitrogen and oxygen atoms in total. The highest BCUT2D eigenvalue weighted by Gasteiger charge is 2.51. The first-order valence-electron chi connectivity index (χ1n) is 8.85. The largest absolute Gasteiger partial charge is 0.333 e. The molecule has 0 aliphatic heterocycles. The summed E-state index contributed by atoms with van der Waals surface area (Å²) in [7, 11) is 0. The zero-order valence-electron chi connectivity index (χ0n) is 13.6. The molecule has 1 atom stereocenters. The highest BCUT2D eigenvalue weighted by molar-refractivity contribution is 9.10. The van der Waals surface area contributed by atoms with Gasteiger partial charge in [0.2, 0.25) is 0 Å². The number of benzene rings is 1. The number of urea groups is 1. The van der Waals surface area contributed by atoms with Gasteiger partial charge in [0.15, 0.2) is 0 Å². The summed E-state index contributed by atoms with van der Waals surface area (Å²) in [5.41, 5.74) is 1.21. The van der Waals surface area contributed by atoms with Crippen molar-refractivity contribution in [2.45, 2.75) is 57.0 Å². The van der Waals surface area contributed by atoms with Crippen LogP contribution in [0.15, 0.2) is 28.7 Å². The second-order valence-corrected chi connectivity index (χ2v) is 8.99. The number of halogens is 1. The summed E-state index contributed by atoms with van der Waals surface area (Å²) in [4.78, 5) is 12.5. The topological polar surface area (TPSA) is 41.1 Å². The van der Waals surface area contributed by atoms with Crippen LogP contribution in [-0.4, -0.2) is 11.6 Å². The van der Waals surface area contributed by atoms with E-state index in [9.17, 15) is 4.79 Å². The van der Waals surface area contributed by atoms with Crippen LogP contribution in [0.5, 0.6) is 0 Å². The van der Waals surface area contributed by atoms with Crippen molar-refractivity contribution in [3.63, 3.8) is 0 Å². The van der Waals surface area contributed by atoms with Gasteiger partial charge in [0.05, 0.1) is 6.04 Å². The van der Waals surface area contributed by atoms with E-state index >= 15 is 0 Å². The van der Waals surface area contributed by atoms with Gasteiger partial charge in [-0.05, 0) is 80.9 Å². The minimum atomic E-state index is 0.00219. The van der Waals surface area contributed by atoms with Crippen LogP contribution >= 0.6 is 15.9 Å². The van der Waals surface area contributed by atoms with Gasteiger partial charge in [0, 0.05) is 10.0 Å². The predicted molar refractivity (Wildman–Crippen MR) is 95.1 cm³/mol. The molecule has 4 fully saturated rings. The average molecular weight is 377 g/mol. The molecule has 5 rings (SSSR count). The van der Waals surface area contributed by atoms with Gasteiger partial charge in [0.25, 0.3) is 0 Å². The van der Waals surface area contributed by atoms with Gasteiger partial charge < -0.3 is 10.6 Å². The highest BCUT2D eigenvalue weighted by atomic mass is 79.9. The van der Waals surface area contributed by atoms with Gasteiger partial charge in [0.1, 0.15) is 0 Å². The van der Waals surface area contributed by atoms with E-state index in [0.29, 0.717) is 0 Å². The van der Waals surface area contributed by atoms with Crippen LogP contribution in [0.1, 0.15) is 57.1 Å². The van der Waals surface area contributed by atoms with Crippen LogP contribution in [0, 0.1) is 17.8 Å². The van der Waals surface area contributed by atoms with E-state index < -0.39 is 0 Å². The maximum absolute atomic E-state index is 12.5. The molecule has 0 saturated heterocycles. The minimum Gasteiger partial charge on any atom is -0.333 e. The summed E-state index contributed by atoms with van der Waals surface area (Å²) in [6.07, 6.45) is 7.78. The average Bonchev–Trinajstić information content (AvgIpc) is 2.45. The lowest BCUT2D eigenvalue weighted by atomic mass is 9.53.